The number of aliphatic hydroxyl groups is 1. The zero-order chi connectivity index (χ0) is 16.6. The van der Waals surface area contributed by atoms with Crippen molar-refractivity contribution in [3.63, 3.8) is 0 Å². The summed E-state index contributed by atoms with van der Waals surface area (Å²) >= 11 is 0. The lowest BCUT2D eigenvalue weighted by Gasteiger charge is -2.37. The van der Waals surface area contributed by atoms with Gasteiger partial charge in [0.25, 0.3) is 5.91 Å². The topological polar surface area (TPSA) is 59.9 Å². The van der Waals surface area contributed by atoms with Crippen molar-refractivity contribution in [2.75, 3.05) is 46.3 Å². The van der Waals surface area contributed by atoms with Gasteiger partial charge in [0.1, 0.15) is 0 Å². The molecule has 0 unspecified atom stereocenters. The van der Waals surface area contributed by atoms with Gasteiger partial charge in [0.15, 0.2) is 0 Å². The normalized spacial score (nSPS) is 26.7. The number of piperazine rings is 1. The molecule has 2 aliphatic rings. The van der Waals surface area contributed by atoms with Gasteiger partial charge in [0.2, 0.25) is 0 Å². The summed E-state index contributed by atoms with van der Waals surface area (Å²) in [5.74, 6) is -0.00530. The van der Waals surface area contributed by atoms with Crippen molar-refractivity contribution < 1.29 is 9.90 Å². The molecule has 1 aromatic rings. The predicted molar refractivity (Wildman–Crippen MR) is 88.5 cm³/mol. The Kier molecular flexibility index (Phi) is 4.66. The van der Waals surface area contributed by atoms with Crippen LogP contribution in [0.4, 0.5) is 0 Å². The average molecular weight is 318 g/mol. The molecule has 0 bridgehead atoms. The first-order valence-corrected chi connectivity index (χ1v) is 8.29. The third kappa shape index (κ3) is 3.54. The molecule has 6 nitrogen and oxygen atoms in total. The molecule has 0 saturated carbocycles. The van der Waals surface area contributed by atoms with Crippen LogP contribution in [0.5, 0.6) is 0 Å². The van der Waals surface area contributed by atoms with Crippen molar-refractivity contribution in [3.8, 4) is 0 Å². The largest absolute Gasteiger partial charge is 0.390 e. The van der Waals surface area contributed by atoms with Crippen LogP contribution < -0.4 is 0 Å². The smallest absolute Gasteiger partial charge is 0.254 e. The van der Waals surface area contributed by atoms with Gasteiger partial charge in [0, 0.05) is 56.2 Å². The first-order valence-electron chi connectivity index (χ1n) is 8.29. The molecule has 2 fully saturated rings. The highest BCUT2D eigenvalue weighted by molar-refractivity contribution is 5.94. The van der Waals surface area contributed by atoms with Gasteiger partial charge in [0.05, 0.1) is 12.1 Å². The van der Waals surface area contributed by atoms with E-state index in [0.717, 1.165) is 37.6 Å². The lowest BCUT2D eigenvalue weighted by Crippen LogP contribution is -2.52. The molecule has 2 aliphatic heterocycles. The number of nitrogens with zero attached hydrogens (tertiary/aromatic N) is 4. The van der Waals surface area contributed by atoms with Crippen molar-refractivity contribution in [1.29, 1.82) is 0 Å². The number of aromatic nitrogens is 1. The highest BCUT2D eigenvalue weighted by atomic mass is 16.3. The average Bonchev–Trinajstić information content (AvgIpc) is 2.88. The van der Waals surface area contributed by atoms with Gasteiger partial charge in [-0.3, -0.25) is 14.7 Å². The number of carbonyl (C=O) groups excluding carboxylic acids is 1. The van der Waals surface area contributed by atoms with Crippen LogP contribution in [0.15, 0.2) is 12.1 Å². The van der Waals surface area contributed by atoms with Gasteiger partial charge in [-0.1, -0.05) is 0 Å². The molecule has 23 heavy (non-hydrogen) atoms. The molecule has 1 aromatic heterocycles. The van der Waals surface area contributed by atoms with Crippen LogP contribution in [0, 0.1) is 13.8 Å². The minimum atomic E-state index is -0.466. The summed E-state index contributed by atoms with van der Waals surface area (Å²) in [5.41, 5.74) is 2.37. The van der Waals surface area contributed by atoms with Crippen molar-refractivity contribution >= 4 is 5.91 Å². The lowest BCUT2D eigenvalue weighted by atomic mass is 10.1. The van der Waals surface area contributed by atoms with Gasteiger partial charge >= 0.3 is 0 Å². The van der Waals surface area contributed by atoms with Crippen LogP contribution in [0.25, 0.3) is 0 Å². The highest BCUT2D eigenvalue weighted by Crippen LogP contribution is 2.20. The number of aliphatic hydroxyl groups excluding tert-OH is 1. The maximum atomic E-state index is 12.7. The van der Waals surface area contributed by atoms with E-state index in [9.17, 15) is 9.90 Å². The number of carbonyl (C=O) groups is 1. The van der Waals surface area contributed by atoms with Crippen molar-refractivity contribution in [3.05, 3.63) is 29.1 Å². The standard InChI is InChI=1S/C17H26N4O2/c1-12-8-14(9-13(2)18-12)17(23)21-10-15(16(22)11-21)20-6-4-19(3)5-7-20/h8-9,15-16,22H,4-7,10-11H2,1-3H3/t15-,16-/m1/s1. The zero-order valence-electron chi connectivity index (χ0n) is 14.2. The van der Waals surface area contributed by atoms with Crippen LogP contribution in [-0.4, -0.2) is 89.2 Å². The Hall–Kier alpha value is -1.50. The van der Waals surface area contributed by atoms with Crippen molar-refractivity contribution in [1.82, 2.24) is 19.7 Å². The van der Waals surface area contributed by atoms with E-state index >= 15 is 0 Å². The van der Waals surface area contributed by atoms with Gasteiger partial charge in [-0.05, 0) is 33.0 Å². The van der Waals surface area contributed by atoms with Crippen molar-refractivity contribution in [2.24, 2.45) is 0 Å². The van der Waals surface area contributed by atoms with E-state index in [0.29, 0.717) is 18.7 Å². The number of likely N-dealkylation sites (tertiary alicyclic amines) is 1. The number of likely N-dealkylation sites (N-methyl/N-ethyl adjacent to an activating group) is 1. The highest BCUT2D eigenvalue weighted by Gasteiger charge is 2.38. The second-order valence-corrected chi connectivity index (χ2v) is 6.82. The van der Waals surface area contributed by atoms with Crippen LogP contribution in [-0.2, 0) is 0 Å². The molecule has 2 saturated heterocycles. The molecular formula is C17H26N4O2. The number of hydrogen-bond acceptors (Lipinski definition) is 5. The quantitative estimate of drug-likeness (QED) is 0.840. The number of hydrogen-bond donors (Lipinski definition) is 1. The Morgan fingerprint density at radius 3 is 2.35 bits per heavy atom. The summed E-state index contributed by atoms with van der Waals surface area (Å²) < 4.78 is 0. The summed E-state index contributed by atoms with van der Waals surface area (Å²) in [7, 11) is 2.12. The first-order chi connectivity index (χ1) is 10.9. The Morgan fingerprint density at radius 1 is 1.13 bits per heavy atom. The monoisotopic (exact) mass is 318 g/mol. The summed E-state index contributed by atoms with van der Waals surface area (Å²) in [4.78, 5) is 23.5. The maximum Gasteiger partial charge on any atom is 0.254 e. The molecule has 1 amide bonds. The number of pyridine rings is 1. The van der Waals surface area contributed by atoms with E-state index < -0.39 is 6.10 Å². The van der Waals surface area contributed by atoms with Gasteiger partial charge in [-0.15, -0.1) is 0 Å². The molecule has 0 radical (unpaired) electrons. The predicted octanol–water partition coefficient (Wildman–Crippen LogP) is 0.131. The molecule has 0 spiro atoms. The third-order valence-corrected chi connectivity index (χ3v) is 4.88. The lowest BCUT2D eigenvalue weighted by molar-refractivity contribution is 0.0512. The second kappa shape index (κ2) is 6.55. The van der Waals surface area contributed by atoms with Crippen LogP contribution in [0.3, 0.4) is 0 Å². The van der Waals surface area contributed by atoms with E-state index in [-0.39, 0.29) is 11.9 Å². The summed E-state index contributed by atoms with van der Waals surface area (Å²) in [6.45, 7) is 8.74. The third-order valence-electron chi connectivity index (χ3n) is 4.88. The Labute approximate surface area is 137 Å². The minimum absolute atomic E-state index is 0.00530. The van der Waals surface area contributed by atoms with Crippen LogP contribution in [0.1, 0.15) is 21.7 Å². The van der Waals surface area contributed by atoms with E-state index in [1.807, 2.05) is 26.0 Å². The van der Waals surface area contributed by atoms with E-state index in [4.69, 9.17) is 0 Å². The van der Waals surface area contributed by atoms with Gasteiger partial charge in [-0.2, -0.15) is 0 Å². The molecule has 6 heteroatoms. The number of aryl methyl sites for hydroxylation is 2. The molecule has 3 rings (SSSR count). The van der Waals surface area contributed by atoms with Crippen molar-refractivity contribution in [2.45, 2.75) is 26.0 Å². The van der Waals surface area contributed by atoms with E-state index in [2.05, 4.69) is 21.8 Å². The van der Waals surface area contributed by atoms with E-state index in [1.54, 1.807) is 4.90 Å². The van der Waals surface area contributed by atoms with Gasteiger partial charge in [-0.25, -0.2) is 0 Å². The molecule has 1 N–H and O–H groups in total. The van der Waals surface area contributed by atoms with Crippen LogP contribution in [0.2, 0.25) is 0 Å². The summed E-state index contributed by atoms with van der Waals surface area (Å²) in [5, 5.41) is 10.4. The van der Waals surface area contributed by atoms with Crippen LogP contribution >= 0.6 is 0 Å². The van der Waals surface area contributed by atoms with Gasteiger partial charge < -0.3 is 14.9 Å². The molecule has 126 valence electrons. The number of amides is 1. The number of rotatable bonds is 2. The minimum Gasteiger partial charge on any atom is -0.390 e. The fraction of sp³-hybridized carbons (Fsp3) is 0.647. The maximum absolute atomic E-state index is 12.7. The SMILES string of the molecule is Cc1cc(C(=O)N2C[C@@H](O)[C@H](N3CCN(C)CC3)C2)cc(C)n1. The van der Waals surface area contributed by atoms with E-state index in [1.165, 1.54) is 0 Å². The fourth-order valence-electron chi connectivity index (χ4n) is 3.59. The summed E-state index contributed by atoms with van der Waals surface area (Å²) in [6, 6.07) is 3.70. The molecule has 0 aromatic carbocycles. The Bertz CT molecular complexity index is 564. The molecule has 3 heterocycles. The Balaban J connectivity index is 1.69. The zero-order valence-corrected chi connectivity index (χ0v) is 14.2. The second-order valence-electron chi connectivity index (χ2n) is 6.82. The Morgan fingerprint density at radius 2 is 1.74 bits per heavy atom. The molecular weight excluding hydrogens is 292 g/mol. The molecule has 0 aliphatic carbocycles. The number of β-amino-alcohol motifs (C(OH)–C–C–N with tert-alkyl or cyclic N) is 1. The summed E-state index contributed by atoms with van der Waals surface area (Å²) in [6.07, 6.45) is -0.466. The molecule has 2 atom stereocenters. The fourth-order valence-corrected chi connectivity index (χ4v) is 3.59. The first kappa shape index (κ1) is 16.4.